The maximum absolute atomic E-state index is 9.14. The average Bonchev–Trinajstić information content (AvgIpc) is 2.51. The fourth-order valence-corrected chi connectivity index (χ4v) is 1.84. The molecule has 5 heteroatoms. The molecule has 0 spiro atoms. The number of aliphatic hydroxyl groups excluding tert-OH is 1. The van der Waals surface area contributed by atoms with E-state index in [0.717, 1.165) is 5.76 Å². The lowest BCUT2D eigenvalue weighted by Crippen LogP contribution is -2.21. The van der Waals surface area contributed by atoms with Crippen LogP contribution in [-0.2, 0) is 5.75 Å². The summed E-state index contributed by atoms with van der Waals surface area (Å²) >= 11 is 7.15. The highest BCUT2D eigenvalue weighted by molar-refractivity contribution is 7.98. The molecule has 1 aromatic heterocycles. The van der Waals surface area contributed by atoms with Crippen LogP contribution in [0.15, 0.2) is 16.5 Å². The summed E-state index contributed by atoms with van der Waals surface area (Å²) in [4.78, 5) is 0. The van der Waals surface area contributed by atoms with Crippen molar-refractivity contribution >= 4 is 23.4 Å². The van der Waals surface area contributed by atoms with Gasteiger partial charge in [0.1, 0.15) is 5.76 Å². The molecule has 1 rings (SSSR count). The molecule has 74 valence electrons. The molecule has 0 unspecified atom stereocenters. The van der Waals surface area contributed by atoms with Crippen molar-refractivity contribution in [3.8, 4) is 0 Å². The second kappa shape index (κ2) is 5.54. The number of furan rings is 1. The molecule has 13 heavy (non-hydrogen) atoms. The van der Waals surface area contributed by atoms with Crippen molar-refractivity contribution in [2.75, 3.05) is 12.3 Å². The highest BCUT2D eigenvalue weighted by atomic mass is 35.5. The van der Waals surface area contributed by atoms with E-state index in [-0.39, 0.29) is 0 Å². The van der Waals surface area contributed by atoms with Crippen LogP contribution in [0.1, 0.15) is 5.76 Å². The van der Waals surface area contributed by atoms with Crippen molar-refractivity contribution in [3.63, 3.8) is 0 Å². The van der Waals surface area contributed by atoms with Gasteiger partial charge >= 0.3 is 0 Å². The van der Waals surface area contributed by atoms with Crippen LogP contribution < -0.4 is 5.73 Å². The Bertz CT molecular complexity index is 254. The second-order valence-corrected chi connectivity index (χ2v) is 4.01. The third-order valence-corrected chi connectivity index (χ3v) is 2.77. The highest BCUT2D eigenvalue weighted by Crippen LogP contribution is 2.18. The zero-order valence-corrected chi connectivity index (χ0v) is 8.64. The topological polar surface area (TPSA) is 59.4 Å². The standard InChI is InChI=1S/C8H12ClNO2S/c9-8-2-1-7(12-8)5-13-4-6(11)3-10/h1-2,6,11H,3-5,10H2/t6-/m0/s1. The van der Waals surface area contributed by atoms with Crippen molar-refractivity contribution in [3.05, 3.63) is 23.1 Å². The first kappa shape index (κ1) is 10.9. The Morgan fingerprint density at radius 2 is 2.38 bits per heavy atom. The molecule has 0 aliphatic rings. The molecular weight excluding hydrogens is 210 g/mol. The Morgan fingerprint density at radius 3 is 2.92 bits per heavy atom. The smallest absolute Gasteiger partial charge is 0.193 e. The molecule has 0 amide bonds. The van der Waals surface area contributed by atoms with E-state index in [1.165, 1.54) is 0 Å². The molecule has 0 radical (unpaired) electrons. The van der Waals surface area contributed by atoms with Crippen molar-refractivity contribution in [1.82, 2.24) is 0 Å². The Kier molecular flexibility index (Phi) is 4.66. The van der Waals surface area contributed by atoms with E-state index >= 15 is 0 Å². The molecule has 0 saturated heterocycles. The maximum Gasteiger partial charge on any atom is 0.193 e. The Morgan fingerprint density at radius 1 is 1.62 bits per heavy atom. The molecule has 1 aromatic rings. The van der Waals surface area contributed by atoms with Gasteiger partial charge in [0.25, 0.3) is 0 Å². The van der Waals surface area contributed by atoms with Gasteiger partial charge in [-0.3, -0.25) is 0 Å². The second-order valence-electron chi connectivity index (χ2n) is 2.61. The average molecular weight is 222 g/mol. The predicted molar refractivity (Wildman–Crippen MR) is 54.9 cm³/mol. The van der Waals surface area contributed by atoms with Crippen molar-refractivity contribution < 1.29 is 9.52 Å². The molecule has 1 atom stereocenters. The third kappa shape index (κ3) is 4.04. The first-order valence-electron chi connectivity index (χ1n) is 3.92. The monoisotopic (exact) mass is 221 g/mol. The summed E-state index contributed by atoms with van der Waals surface area (Å²) in [5.41, 5.74) is 5.25. The van der Waals surface area contributed by atoms with Crippen LogP contribution in [0, 0.1) is 0 Å². The number of aliphatic hydroxyl groups is 1. The van der Waals surface area contributed by atoms with Gasteiger partial charge in [-0.05, 0) is 23.7 Å². The molecule has 0 aliphatic carbocycles. The summed E-state index contributed by atoms with van der Waals surface area (Å²) in [6.45, 7) is 0.298. The van der Waals surface area contributed by atoms with Gasteiger partial charge in [0.15, 0.2) is 5.22 Å². The maximum atomic E-state index is 9.14. The van der Waals surface area contributed by atoms with Crippen LogP contribution in [0.5, 0.6) is 0 Å². The molecule has 0 bridgehead atoms. The van der Waals surface area contributed by atoms with Crippen LogP contribution in [0.3, 0.4) is 0 Å². The SMILES string of the molecule is NC[C@H](O)CSCc1ccc(Cl)o1. The number of rotatable bonds is 5. The number of nitrogens with two attached hydrogens (primary N) is 1. The summed E-state index contributed by atoms with van der Waals surface area (Å²) in [7, 11) is 0. The van der Waals surface area contributed by atoms with Gasteiger partial charge in [-0.1, -0.05) is 0 Å². The van der Waals surface area contributed by atoms with Crippen molar-refractivity contribution in [1.29, 1.82) is 0 Å². The van der Waals surface area contributed by atoms with E-state index < -0.39 is 6.10 Å². The van der Waals surface area contributed by atoms with Gasteiger partial charge in [-0.25, -0.2) is 0 Å². The predicted octanol–water partition coefficient (Wildman–Crippen LogP) is 1.49. The minimum Gasteiger partial charge on any atom is -0.449 e. The number of halogens is 1. The number of hydrogen-bond acceptors (Lipinski definition) is 4. The zero-order chi connectivity index (χ0) is 9.68. The van der Waals surface area contributed by atoms with Crippen LogP contribution in [0.25, 0.3) is 0 Å². The largest absolute Gasteiger partial charge is 0.449 e. The lowest BCUT2D eigenvalue weighted by atomic mass is 10.4. The van der Waals surface area contributed by atoms with E-state index in [9.17, 15) is 0 Å². The Balaban J connectivity index is 2.20. The van der Waals surface area contributed by atoms with Crippen LogP contribution >= 0.6 is 23.4 Å². The van der Waals surface area contributed by atoms with E-state index in [4.69, 9.17) is 26.9 Å². The molecule has 0 fully saturated rings. The Labute approximate surface area is 86.2 Å². The summed E-state index contributed by atoms with van der Waals surface area (Å²) in [5, 5.41) is 9.54. The third-order valence-electron chi connectivity index (χ3n) is 1.46. The van der Waals surface area contributed by atoms with Crippen LogP contribution in [0.4, 0.5) is 0 Å². The fourth-order valence-electron chi connectivity index (χ4n) is 0.793. The minimum atomic E-state index is -0.435. The van der Waals surface area contributed by atoms with E-state index in [1.54, 1.807) is 17.8 Å². The number of thioether (sulfide) groups is 1. The first-order chi connectivity index (χ1) is 6.22. The van der Waals surface area contributed by atoms with E-state index in [0.29, 0.717) is 23.3 Å². The van der Waals surface area contributed by atoms with Crippen molar-refractivity contribution in [2.24, 2.45) is 5.73 Å². The van der Waals surface area contributed by atoms with E-state index in [2.05, 4.69) is 0 Å². The summed E-state index contributed by atoms with van der Waals surface area (Å²) in [6, 6.07) is 3.53. The summed E-state index contributed by atoms with van der Waals surface area (Å²) < 4.78 is 5.13. The number of hydrogen-bond donors (Lipinski definition) is 2. The molecule has 1 heterocycles. The van der Waals surface area contributed by atoms with Crippen molar-refractivity contribution in [2.45, 2.75) is 11.9 Å². The quantitative estimate of drug-likeness (QED) is 0.791. The summed E-state index contributed by atoms with van der Waals surface area (Å²) in [6.07, 6.45) is -0.435. The van der Waals surface area contributed by atoms with Crippen LogP contribution in [0.2, 0.25) is 5.22 Å². The lowest BCUT2D eigenvalue weighted by molar-refractivity contribution is 0.208. The lowest BCUT2D eigenvalue weighted by Gasteiger charge is -2.04. The molecule has 3 N–H and O–H groups in total. The zero-order valence-electron chi connectivity index (χ0n) is 7.07. The van der Waals surface area contributed by atoms with Gasteiger partial charge in [-0.2, -0.15) is 11.8 Å². The highest BCUT2D eigenvalue weighted by Gasteiger charge is 2.03. The van der Waals surface area contributed by atoms with Crippen LogP contribution in [-0.4, -0.2) is 23.5 Å². The molecule has 0 saturated carbocycles. The normalized spacial score (nSPS) is 13.2. The molecule has 0 aromatic carbocycles. The van der Waals surface area contributed by atoms with Gasteiger partial charge in [0, 0.05) is 12.3 Å². The molecule has 0 aliphatic heterocycles. The van der Waals surface area contributed by atoms with Gasteiger partial charge in [-0.15, -0.1) is 0 Å². The molecule has 3 nitrogen and oxygen atoms in total. The fraction of sp³-hybridized carbons (Fsp3) is 0.500. The van der Waals surface area contributed by atoms with E-state index in [1.807, 2.05) is 6.07 Å². The van der Waals surface area contributed by atoms with Gasteiger partial charge in [0.05, 0.1) is 11.9 Å². The van der Waals surface area contributed by atoms with Gasteiger partial charge < -0.3 is 15.3 Å². The van der Waals surface area contributed by atoms with Gasteiger partial charge in [0.2, 0.25) is 0 Å². The summed E-state index contributed by atoms with van der Waals surface area (Å²) in [5.74, 6) is 2.15. The minimum absolute atomic E-state index is 0.298. The Hall–Kier alpha value is -0.160. The first-order valence-corrected chi connectivity index (χ1v) is 5.45. The molecular formula is C8H12ClNO2S.